The van der Waals surface area contributed by atoms with Crippen LogP contribution < -0.4 is 0 Å². The third-order valence-electron chi connectivity index (χ3n) is 1.87. The summed E-state index contributed by atoms with van der Waals surface area (Å²) in [7, 11) is -3.39. The molecule has 0 aliphatic heterocycles. The zero-order valence-corrected chi connectivity index (χ0v) is 11.5. The number of hydrogen-bond donors (Lipinski definition) is 0. The van der Waals surface area contributed by atoms with Crippen molar-refractivity contribution in [3.05, 3.63) is 27.7 Å². The molecule has 2 rings (SSSR count). The summed E-state index contributed by atoms with van der Waals surface area (Å²) >= 11 is 4.80. The van der Waals surface area contributed by atoms with E-state index in [-0.39, 0.29) is 6.61 Å². The molecule has 0 aliphatic carbocycles. The van der Waals surface area contributed by atoms with Gasteiger partial charge in [-0.3, -0.25) is 4.18 Å². The van der Waals surface area contributed by atoms with Crippen LogP contribution in [0.3, 0.4) is 0 Å². The standard InChI is InChI=1S/C9H8BrNO3S2/c1-16(12,13)14-5-6-2-3-7-8(4-6)15-9(10)11-7/h2-4H,5H2,1H3. The average Bonchev–Trinajstić information content (AvgIpc) is 2.52. The van der Waals surface area contributed by atoms with E-state index in [1.54, 1.807) is 6.07 Å². The van der Waals surface area contributed by atoms with Gasteiger partial charge in [-0.2, -0.15) is 8.42 Å². The second-order valence-electron chi connectivity index (χ2n) is 3.24. The lowest BCUT2D eigenvalue weighted by molar-refractivity contribution is 0.312. The van der Waals surface area contributed by atoms with Gasteiger partial charge in [0.15, 0.2) is 3.92 Å². The summed E-state index contributed by atoms with van der Waals surface area (Å²) in [5, 5.41) is 0. The molecule has 0 bridgehead atoms. The van der Waals surface area contributed by atoms with E-state index in [4.69, 9.17) is 4.18 Å². The maximum absolute atomic E-state index is 10.8. The number of nitrogens with zero attached hydrogens (tertiary/aromatic N) is 1. The van der Waals surface area contributed by atoms with Gasteiger partial charge in [-0.25, -0.2) is 4.98 Å². The third kappa shape index (κ3) is 3.00. The molecule has 7 heteroatoms. The first-order chi connectivity index (χ1) is 7.44. The van der Waals surface area contributed by atoms with Gasteiger partial charge in [0.2, 0.25) is 0 Å². The minimum Gasteiger partial charge on any atom is -0.265 e. The van der Waals surface area contributed by atoms with Crippen LogP contribution in [0.25, 0.3) is 10.2 Å². The zero-order chi connectivity index (χ0) is 11.8. The molecule has 0 saturated heterocycles. The Bertz CT molecular complexity index is 621. The minimum atomic E-state index is -3.39. The van der Waals surface area contributed by atoms with Gasteiger partial charge in [-0.05, 0) is 33.6 Å². The van der Waals surface area contributed by atoms with Crippen molar-refractivity contribution in [3.63, 3.8) is 0 Å². The molecule has 1 aromatic carbocycles. The summed E-state index contributed by atoms with van der Waals surface area (Å²) in [4.78, 5) is 4.24. The summed E-state index contributed by atoms with van der Waals surface area (Å²) in [6.07, 6.45) is 1.04. The Morgan fingerprint density at radius 3 is 2.94 bits per heavy atom. The molecule has 86 valence electrons. The maximum atomic E-state index is 10.8. The average molecular weight is 322 g/mol. The molecule has 0 radical (unpaired) electrons. The van der Waals surface area contributed by atoms with E-state index in [2.05, 4.69) is 20.9 Å². The molecule has 0 fully saturated rings. The van der Waals surface area contributed by atoms with Gasteiger partial charge in [-0.15, -0.1) is 11.3 Å². The van der Waals surface area contributed by atoms with Crippen molar-refractivity contribution >= 4 is 47.6 Å². The Kier molecular flexibility index (Phi) is 3.29. The van der Waals surface area contributed by atoms with Crippen LogP contribution in [0, 0.1) is 0 Å². The molecule has 0 atom stereocenters. The molecular weight excluding hydrogens is 314 g/mol. The number of fused-ring (bicyclic) bond motifs is 1. The van der Waals surface area contributed by atoms with Gasteiger partial charge in [0.25, 0.3) is 10.1 Å². The number of thiazole rings is 1. The summed E-state index contributed by atoms with van der Waals surface area (Å²) < 4.78 is 28.2. The largest absolute Gasteiger partial charge is 0.265 e. The van der Waals surface area contributed by atoms with Gasteiger partial charge in [0.1, 0.15) is 0 Å². The number of benzene rings is 1. The Balaban J connectivity index is 2.25. The molecule has 2 aromatic rings. The molecule has 0 unspecified atom stereocenters. The first kappa shape index (κ1) is 12.0. The third-order valence-corrected chi connectivity index (χ3v) is 3.88. The molecule has 1 aromatic heterocycles. The molecule has 16 heavy (non-hydrogen) atoms. The molecule has 0 saturated carbocycles. The van der Waals surface area contributed by atoms with Gasteiger partial charge in [-0.1, -0.05) is 6.07 Å². The van der Waals surface area contributed by atoms with Crippen LogP contribution in [-0.2, 0) is 20.9 Å². The number of halogens is 1. The molecular formula is C9H8BrNO3S2. The highest BCUT2D eigenvalue weighted by molar-refractivity contribution is 9.11. The smallest absolute Gasteiger partial charge is 0.264 e. The fourth-order valence-electron chi connectivity index (χ4n) is 1.21. The molecule has 0 N–H and O–H groups in total. The quantitative estimate of drug-likeness (QED) is 0.815. The van der Waals surface area contributed by atoms with Crippen LogP contribution in [0.2, 0.25) is 0 Å². The highest BCUT2D eigenvalue weighted by Gasteiger charge is 2.05. The summed E-state index contributed by atoms with van der Waals surface area (Å²) in [6, 6.07) is 5.53. The summed E-state index contributed by atoms with van der Waals surface area (Å²) in [6.45, 7) is 0.0598. The highest BCUT2D eigenvalue weighted by Crippen LogP contribution is 2.26. The lowest BCUT2D eigenvalue weighted by Crippen LogP contribution is -2.02. The Morgan fingerprint density at radius 2 is 2.25 bits per heavy atom. The second kappa shape index (κ2) is 4.40. The van der Waals surface area contributed by atoms with Crippen LogP contribution in [0.4, 0.5) is 0 Å². The monoisotopic (exact) mass is 321 g/mol. The fourth-order valence-corrected chi connectivity index (χ4v) is 3.02. The molecule has 0 aliphatic rings. The van der Waals surface area contributed by atoms with E-state index < -0.39 is 10.1 Å². The van der Waals surface area contributed by atoms with Gasteiger partial charge < -0.3 is 0 Å². The predicted octanol–water partition coefficient (Wildman–Crippen LogP) is 2.54. The van der Waals surface area contributed by atoms with Crippen LogP contribution in [0.1, 0.15) is 5.56 Å². The van der Waals surface area contributed by atoms with Crippen LogP contribution in [0.5, 0.6) is 0 Å². The van der Waals surface area contributed by atoms with Crippen LogP contribution in [0.15, 0.2) is 22.1 Å². The second-order valence-corrected chi connectivity index (χ2v) is 7.19. The molecule has 0 spiro atoms. The fraction of sp³-hybridized carbons (Fsp3) is 0.222. The highest BCUT2D eigenvalue weighted by atomic mass is 79.9. The minimum absolute atomic E-state index is 0.0598. The summed E-state index contributed by atoms with van der Waals surface area (Å²) in [5.74, 6) is 0. The van der Waals surface area contributed by atoms with E-state index in [1.165, 1.54) is 11.3 Å². The number of rotatable bonds is 3. The zero-order valence-electron chi connectivity index (χ0n) is 8.31. The Hall–Kier alpha value is -0.500. The Labute approximate surface area is 106 Å². The van der Waals surface area contributed by atoms with E-state index in [0.717, 1.165) is 26.0 Å². The van der Waals surface area contributed by atoms with Crippen molar-refractivity contribution in [3.8, 4) is 0 Å². The van der Waals surface area contributed by atoms with E-state index in [0.29, 0.717) is 0 Å². The molecule has 0 amide bonds. The first-order valence-corrected chi connectivity index (χ1v) is 7.76. The summed E-state index contributed by atoms with van der Waals surface area (Å²) in [5.41, 5.74) is 1.70. The predicted molar refractivity (Wildman–Crippen MR) is 67.0 cm³/mol. The van der Waals surface area contributed by atoms with Crippen LogP contribution in [-0.4, -0.2) is 19.7 Å². The van der Waals surface area contributed by atoms with Crippen molar-refractivity contribution in [1.82, 2.24) is 4.98 Å². The van der Waals surface area contributed by atoms with Crippen molar-refractivity contribution in [2.75, 3.05) is 6.26 Å². The topological polar surface area (TPSA) is 56.3 Å². The van der Waals surface area contributed by atoms with E-state index in [1.807, 2.05) is 12.1 Å². The van der Waals surface area contributed by atoms with Gasteiger partial charge in [0, 0.05) is 0 Å². The van der Waals surface area contributed by atoms with Crippen molar-refractivity contribution in [2.24, 2.45) is 0 Å². The first-order valence-electron chi connectivity index (χ1n) is 4.33. The lowest BCUT2D eigenvalue weighted by atomic mass is 10.2. The van der Waals surface area contributed by atoms with Crippen molar-refractivity contribution < 1.29 is 12.6 Å². The van der Waals surface area contributed by atoms with Crippen molar-refractivity contribution in [1.29, 1.82) is 0 Å². The van der Waals surface area contributed by atoms with E-state index >= 15 is 0 Å². The Morgan fingerprint density at radius 1 is 1.50 bits per heavy atom. The lowest BCUT2D eigenvalue weighted by Gasteiger charge is -2.00. The molecule has 1 heterocycles. The number of aromatic nitrogens is 1. The maximum Gasteiger partial charge on any atom is 0.264 e. The van der Waals surface area contributed by atoms with Crippen molar-refractivity contribution in [2.45, 2.75) is 6.61 Å². The van der Waals surface area contributed by atoms with Crippen LogP contribution >= 0.6 is 27.3 Å². The number of hydrogen-bond acceptors (Lipinski definition) is 5. The molecule has 4 nitrogen and oxygen atoms in total. The van der Waals surface area contributed by atoms with Gasteiger partial charge in [0.05, 0.1) is 23.1 Å². The van der Waals surface area contributed by atoms with Gasteiger partial charge >= 0.3 is 0 Å². The SMILES string of the molecule is CS(=O)(=O)OCc1ccc2nc(Br)sc2c1. The van der Waals surface area contributed by atoms with E-state index in [9.17, 15) is 8.42 Å². The normalized spacial score (nSPS) is 12.1.